The van der Waals surface area contributed by atoms with E-state index in [4.69, 9.17) is 23.2 Å². The van der Waals surface area contributed by atoms with Crippen LogP contribution >= 0.6 is 23.2 Å². The van der Waals surface area contributed by atoms with Crippen LogP contribution in [0.1, 0.15) is 19.3 Å². The third-order valence-corrected chi connectivity index (χ3v) is 6.25. The van der Waals surface area contributed by atoms with E-state index >= 15 is 0 Å². The summed E-state index contributed by atoms with van der Waals surface area (Å²) in [4.78, 5) is 21.3. The number of hydrogen-bond donors (Lipinski definition) is 1. The van der Waals surface area contributed by atoms with Crippen LogP contribution in [0.5, 0.6) is 0 Å². The Morgan fingerprint density at radius 2 is 1.92 bits per heavy atom. The first kappa shape index (κ1) is 16.4. The Kier molecular flexibility index (Phi) is 4.35. The molecule has 1 saturated carbocycles. The second-order valence-corrected chi connectivity index (χ2v) is 7.98. The Hall–Kier alpha value is -1.04. The van der Waals surface area contributed by atoms with E-state index in [-0.39, 0.29) is 5.92 Å². The highest BCUT2D eigenvalue weighted by atomic mass is 35.5. The molecule has 0 aromatic carbocycles. The molecule has 0 bridgehead atoms. The van der Waals surface area contributed by atoms with E-state index in [1.807, 2.05) is 4.90 Å². The lowest BCUT2D eigenvalue weighted by Gasteiger charge is -2.36. The number of hydrogen-bond acceptors (Lipinski definition) is 4. The number of aromatic nitrogens is 1. The van der Waals surface area contributed by atoms with Crippen molar-refractivity contribution < 1.29 is 4.79 Å². The molecular formula is C17H22Cl2N4O. The van der Waals surface area contributed by atoms with Crippen molar-refractivity contribution >= 4 is 34.9 Å². The van der Waals surface area contributed by atoms with Crippen molar-refractivity contribution in [2.75, 3.05) is 44.2 Å². The minimum absolute atomic E-state index is 0.253. The third kappa shape index (κ3) is 2.98. The lowest BCUT2D eigenvalue weighted by molar-refractivity contribution is -0.133. The summed E-state index contributed by atoms with van der Waals surface area (Å²) in [5, 5.41) is 4.50. The quantitative estimate of drug-likeness (QED) is 0.870. The maximum atomic E-state index is 12.8. The van der Waals surface area contributed by atoms with Crippen molar-refractivity contribution in [2.45, 2.75) is 19.3 Å². The van der Waals surface area contributed by atoms with Gasteiger partial charge in [-0.15, -0.1) is 0 Å². The highest BCUT2D eigenvalue weighted by Gasteiger charge is 2.58. The van der Waals surface area contributed by atoms with E-state index in [2.05, 4.69) is 15.2 Å². The molecule has 0 radical (unpaired) electrons. The number of pyridine rings is 1. The number of carbonyl (C=O) groups is 1. The summed E-state index contributed by atoms with van der Waals surface area (Å²) in [6.45, 7) is 5.12. The molecule has 1 spiro atoms. The summed E-state index contributed by atoms with van der Waals surface area (Å²) in [5.74, 6) is 1.37. The zero-order chi connectivity index (χ0) is 16.7. The highest BCUT2D eigenvalue weighted by Crippen LogP contribution is 2.59. The Morgan fingerprint density at radius 3 is 2.58 bits per heavy atom. The highest BCUT2D eigenvalue weighted by molar-refractivity contribution is 6.36. The molecule has 1 atom stereocenters. The lowest BCUT2D eigenvalue weighted by Crippen LogP contribution is -2.50. The first-order valence-electron chi connectivity index (χ1n) is 8.65. The van der Waals surface area contributed by atoms with Crippen molar-refractivity contribution in [3.8, 4) is 0 Å². The van der Waals surface area contributed by atoms with Gasteiger partial charge in [0.25, 0.3) is 0 Å². The molecule has 130 valence electrons. The van der Waals surface area contributed by atoms with Crippen molar-refractivity contribution in [1.82, 2.24) is 15.2 Å². The second-order valence-electron chi connectivity index (χ2n) is 7.14. The molecule has 1 amide bonds. The fraction of sp³-hybridized carbons (Fsp3) is 0.647. The van der Waals surface area contributed by atoms with E-state index < -0.39 is 0 Å². The average molecular weight is 369 g/mol. The van der Waals surface area contributed by atoms with Gasteiger partial charge in [-0.05, 0) is 43.8 Å². The van der Waals surface area contributed by atoms with Gasteiger partial charge in [0.1, 0.15) is 5.82 Å². The van der Waals surface area contributed by atoms with Crippen LogP contribution in [0.25, 0.3) is 0 Å². The van der Waals surface area contributed by atoms with Crippen LogP contribution in [-0.2, 0) is 4.79 Å². The number of piperidine rings is 1. The summed E-state index contributed by atoms with van der Waals surface area (Å²) in [7, 11) is 0. The van der Waals surface area contributed by atoms with Crippen LogP contribution < -0.4 is 10.2 Å². The van der Waals surface area contributed by atoms with Crippen LogP contribution in [0, 0.1) is 11.3 Å². The van der Waals surface area contributed by atoms with Crippen LogP contribution in [0.4, 0.5) is 5.82 Å². The molecular weight excluding hydrogens is 347 g/mol. The molecule has 5 nitrogen and oxygen atoms in total. The van der Waals surface area contributed by atoms with Crippen molar-refractivity contribution in [3.05, 3.63) is 22.3 Å². The zero-order valence-electron chi connectivity index (χ0n) is 13.6. The Labute approximate surface area is 152 Å². The minimum Gasteiger partial charge on any atom is -0.352 e. The number of amides is 1. The van der Waals surface area contributed by atoms with Gasteiger partial charge in [0, 0.05) is 38.3 Å². The van der Waals surface area contributed by atoms with E-state index in [9.17, 15) is 4.79 Å². The minimum atomic E-state index is 0.253. The number of carbonyl (C=O) groups excluding carboxylic acids is 1. The average Bonchev–Trinajstić information content (AvgIpc) is 3.28. The molecule has 7 heteroatoms. The summed E-state index contributed by atoms with van der Waals surface area (Å²) < 4.78 is 0. The first-order valence-corrected chi connectivity index (χ1v) is 9.40. The maximum Gasteiger partial charge on any atom is 0.226 e. The van der Waals surface area contributed by atoms with Gasteiger partial charge >= 0.3 is 0 Å². The van der Waals surface area contributed by atoms with E-state index in [1.54, 1.807) is 12.3 Å². The SMILES string of the molecule is O=C(C1CC12CCNCC2)N1CCN(c2ncc(Cl)cc2Cl)CC1. The molecule has 1 N–H and O–H groups in total. The van der Waals surface area contributed by atoms with E-state index in [1.165, 1.54) is 0 Å². The van der Waals surface area contributed by atoms with Gasteiger partial charge in [-0.3, -0.25) is 4.79 Å². The largest absolute Gasteiger partial charge is 0.352 e. The Morgan fingerprint density at radius 1 is 1.21 bits per heavy atom. The van der Waals surface area contributed by atoms with Crippen molar-refractivity contribution in [2.24, 2.45) is 11.3 Å². The van der Waals surface area contributed by atoms with Gasteiger partial charge in [-0.2, -0.15) is 0 Å². The molecule has 3 heterocycles. The molecule has 1 aliphatic carbocycles. The molecule has 3 fully saturated rings. The zero-order valence-corrected chi connectivity index (χ0v) is 15.1. The summed E-state index contributed by atoms with van der Waals surface area (Å²) in [5.41, 5.74) is 0.306. The fourth-order valence-electron chi connectivity index (χ4n) is 4.17. The smallest absolute Gasteiger partial charge is 0.226 e. The van der Waals surface area contributed by atoms with Crippen molar-refractivity contribution in [3.63, 3.8) is 0 Å². The number of anilines is 1. The fourth-order valence-corrected chi connectivity index (χ4v) is 4.67. The lowest BCUT2D eigenvalue weighted by atomic mass is 9.91. The predicted octanol–water partition coefficient (Wildman–Crippen LogP) is 2.43. The van der Waals surface area contributed by atoms with Crippen LogP contribution in [0.3, 0.4) is 0 Å². The molecule has 3 aliphatic rings. The van der Waals surface area contributed by atoms with Crippen LogP contribution in [0.15, 0.2) is 12.3 Å². The van der Waals surface area contributed by atoms with Gasteiger partial charge in [-0.25, -0.2) is 4.98 Å². The molecule has 1 unspecified atom stereocenters. The van der Waals surface area contributed by atoms with Gasteiger partial charge in [-0.1, -0.05) is 23.2 Å². The molecule has 2 saturated heterocycles. The molecule has 4 rings (SSSR count). The predicted molar refractivity (Wildman–Crippen MR) is 95.7 cm³/mol. The molecule has 1 aromatic rings. The first-order chi connectivity index (χ1) is 11.6. The summed E-state index contributed by atoms with van der Waals surface area (Å²) in [6.07, 6.45) is 4.99. The molecule has 24 heavy (non-hydrogen) atoms. The second kappa shape index (κ2) is 6.36. The standard InChI is InChI=1S/C17H22Cl2N4O/c18-12-9-14(19)15(21-11-12)22-5-7-23(8-6-22)16(24)13-10-17(13)1-3-20-4-2-17/h9,11,13,20H,1-8,10H2. The monoisotopic (exact) mass is 368 g/mol. The number of rotatable bonds is 2. The number of nitrogens with zero attached hydrogens (tertiary/aromatic N) is 3. The van der Waals surface area contributed by atoms with E-state index in [0.29, 0.717) is 21.4 Å². The topological polar surface area (TPSA) is 48.5 Å². The Bertz CT molecular complexity index is 639. The maximum absolute atomic E-state index is 12.8. The normalized spacial score (nSPS) is 25.8. The number of piperazine rings is 1. The third-order valence-electron chi connectivity index (χ3n) is 5.77. The van der Waals surface area contributed by atoms with Crippen LogP contribution in [-0.4, -0.2) is 55.1 Å². The summed E-state index contributed by atoms with van der Waals surface area (Å²) >= 11 is 12.2. The van der Waals surface area contributed by atoms with E-state index in [0.717, 1.165) is 64.3 Å². The van der Waals surface area contributed by atoms with Gasteiger partial charge < -0.3 is 15.1 Å². The Balaban J connectivity index is 1.35. The van der Waals surface area contributed by atoms with Crippen molar-refractivity contribution in [1.29, 1.82) is 0 Å². The molecule has 1 aromatic heterocycles. The van der Waals surface area contributed by atoms with Gasteiger partial charge in [0.15, 0.2) is 0 Å². The van der Waals surface area contributed by atoms with Gasteiger partial charge in [0.05, 0.1) is 10.0 Å². The number of halogens is 2. The molecule has 2 aliphatic heterocycles. The summed E-state index contributed by atoms with van der Waals surface area (Å²) in [6, 6.07) is 1.72. The van der Waals surface area contributed by atoms with Gasteiger partial charge in [0.2, 0.25) is 5.91 Å². The van der Waals surface area contributed by atoms with Crippen LogP contribution in [0.2, 0.25) is 10.0 Å². The number of nitrogens with one attached hydrogen (secondary N) is 1.